The van der Waals surface area contributed by atoms with Crippen molar-refractivity contribution in [1.82, 2.24) is 15.5 Å². The first-order chi connectivity index (χ1) is 12.7. The second-order valence-corrected chi connectivity index (χ2v) is 7.05. The smallest absolute Gasteiger partial charge is 0.220 e. The number of methoxy groups -OCH3 is 1. The van der Waals surface area contributed by atoms with Gasteiger partial charge in [-0.05, 0) is 69.1 Å². The summed E-state index contributed by atoms with van der Waals surface area (Å²) in [4.78, 5) is 14.8. The van der Waals surface area contributed by atoms with Crippen LogP contribution in [0, 0.1) is 5.92 Å². The number of carbonyl (C=O) groups is 1. The molecule has 1 saturated heterocycles. The first-order valence-electron chi connectivity index (χ1n) is 10.0. The van der Waals surface area contributed by atoms with E-state index in [-0.39, 0.29) is 11.9 Å². The van der Waals surface area contributed by atoms with Gasteiger partial charge in [-0.3, -0.25) is 9.69 Å². The minimum atomic E-state index is 0.169. The summed E-state index contributed by atoms with van der Waals surface area (Å²) >= 11 is 0. The molecule has 0 spiro atoms. The maximum Gasteiger partial charge on any atom is 0.220 e. The summed E-state index contributed by atoms with van der Waals surface area (Å²) in [7, 11) is 1.69. The number of likely N-dealkylation sites (N-methyl/N-ethyl adjacent to an activating group) is 1. The average Bonchev–Trinajstić information content (AvgIpc) is 2.70. The Kier molecular flexibility index (Phi) is 8.92. The predicted molar refractivity (Wildman–Crippen MR) is 106 cm³/mol. The first kappa shape index (κ1) is 20.7. The topological polar surface area (TPSA) is 53.6 Å². The van der Waals surface area contributed by atoms with Crippen LogP contribution in [0.5, 0.6) is 5.75 Å². The van der Waals surface area contributed by atoms with Crippen LogP contribution >= 0.6 is 0 Å². The van der Waals surface area contributed by atoms with Crippen molar-refractivity contribution < 1.29 is 9.53 Å². The molecule has 1 heterocycles. The van der Waals surface area contributed by atoms with Gasteiger partial charge in [0, 0.05) is 13.0 Å². The molecule has 1 atom stereocenters. The third kappa shape index (κ3) is 6.29. The summed E-state index contributed by atoms with van der Waals surface area (Å²) < 4.78 is 5.37. The molecule has 1 aromatic rings. The quantitative estimate of drug-likeness (QED) is 0.673. The molecule has 2 N–H and O–H groups in total. The third-order valence-electron chi connectivity index (χ3n) is 5.46. The van der Waals surface area contributed by atoms with Gasteiger partial charge >= 0.3 is 0 Å². The zero-order valence-corrected chi connectivity index (χ0v) is 16.6. The lowest BCUT2D eigenvalue weighted by Crippen LogP contribution is -2.38. The summed E-state index contributed by atoms with van der Waals surface area (Å²) in [6.45, 7) is 9.04. The summed E-state index contributed by atoms with van der Waals surface area (Å²) in [6, 6.07) is 8.34. The van der Waals surface area contributed by atoms with Crippen LogP contribution < -0.4 is 15.4 Å². The van der Waals surface area contributed by atoms with Crippen LogP contribution in [0.2, 0.25) is 0 Å². The number of carbonyl (C=O) groups excluding carboxylic acids is 1. The molecule has 2 rings (SSSR count). The van der Waals surface area contributed by atoms with E-state index in [9.17, 15) is 4.79 Å². The summed E-state index contributed by atoms with van der Waals surface area (Å²) in [5, 5.41) is 6.55. The molecule has 1 unspecified atom stereocenters. The fourth-order valence-electron chi connectivity index (χ4n) is 3.78. The van der Waals surface area contributed by atoms with Crippen LogP contribution in [0.4, 0.5) is 0 Å². The van der Waals surface area contributed by atoms with Gasteiger partial charge in [0.25, 0.3) is 0 Å². The Hall–Kier alpha value is -1.59. The van der Waals surface area contributed by atoms with Crippen molar-refractivity contribution in [2.24, 2.45) is 5.92 Å². The second kappa shape index (κ2) is 11.2. The van der Waals surface area contributed by atoms with Gasteiger partial charge in [-0.15, -0.1) is 0 Å². The minimum absolute atomic E-state index is 0.169. The van der Waals surface area contributed by atoms with Gasteiger partial charge in [0.2, 0.25) is 5.91 Å². The Labute approximate surface area is 158 Å². The lowest BCUT2D eigenvalue weighted by Gasteiger charge is -2.30. The van der Waals surface area contributed by atoms with Crippen LogP contribution in [0.15, 0.2) is 24.3 Å². The Morgan fingerprint density at radius 2 is 2.04 bits per heavy atom. The van der Waals surface area contributed by atoms with Gasteiger partial charge in [-0.2, -0.15) is 0 Å². The van der Waals surface area contributed by atoms with E-state index in [1.807, 2.05) is 12.1 Å². The highest BCUT2D eigenvalue weighted by Crippen LogP contribution is 2.24. The normalized spacial score (nSPS) is 16.5. The first-order valence-corrected chi connectivity index (χ1v) is 10.0. The summed E-state index contributed by atoms with van der Waals surface area (Å²) in [6.07, 6.45) is 4.02. The fraction of sp³-hybridized carbons (Fsp3) is 0.667. The molecule has 5 heteroatoms. The zero-order chi connectivity index (χ0) is 18.8. The number of nitrogens with zero attached hydrogens (tertiary/aromatic N) is 1. The molecule has 5 nitrogen and oxygen atoms in total. The van der Waals surface area contributed by atoms with Gasteiger partial charge in [-0.1, -0.05) is 26.0 Å². The molecule has 0 bridgehead atoms. The van der Waals surface area contributed by atoms with E-state index in [0.717, 1.165) is 38.3 Å². The zero-order valence-electron chi connectivity index (χ0n) is 16.6. The van der Waals surface area contributed by atoms with Crippen molar-refractivity contribution in [3.63, 3.8) is 0 Å². The molecule has 26 heavy (non-hydrogen) atoms. The van der Waals surface area contributed by atoms with Crippen molar-refractivity contribution in [2.45, 2.75) is 45.6 Å². The van der Waals surface area contributed by atoms with Gasteiger partial charge in [0.1, 0.15) is 5.75 Å². The van der Waals surface area contributed by atoms with Crippen LogP contribution in [-0.2, 0) is 4.79 Å². The molecule has 0 aromatic heterocycles. The molecular formula is C21H35N3O2. The number of ether oxygens (including phenoxy) is 1. The molecule has 0 saturated carbocycles. The highest BCUT2D eigenvalue weighted by atomic mass is 16.5. The Bertz CT molecular complexity index is 540. The van der Waals surface area contributed by atoms with Crippen molar-refractivity contribution in [3.8, 4) is 5.75 Å². The molecule has 0 radical (unpaired) electrons. The third-order valence-corrected chi connectivity index (χ3v) is 5.46. The largest absolute Gasteiger partial charge is 0.497 e. The number of nitrogens with one attached hydrogen (secondary N) is 2. The average molecular weight is 362 g/mol. The van der Waals surface area contributed by atoms with Crippen LogP contribution in [0.1, 0.15) is 51.1 Å². The van der Waals surface area contributed by atoms with Gasteiger partial charge in [0.15, 0.2) is 0 Å². The second-order valence-electron chi connectivity index (χ2n) is 7.05. The Morgan fingerprint density at radius 3 is 2.69 bits per heavy atom. The number of benzene rings is 1. The number of piperidine rings is 1. The van der Waals surface area contributed by atoms with E-state index in [1.54, 1.807) is 7.11 Å². The van der Waals surface area contributed by atoms with Crippen LogP contribution in [0.3, 0.4) is 0 Å². The molecule has 0 aliphatic carbocycles. The molecule has 1 aliphatic heterocycles. The van der Waals surface area contributed by atoms with Crippen LogP contribution in [0.25, 0.3) is 0 Å². The van der Waals surface area contributed by atoms with Crippen molar-refractivity contribution in [1.29, 1.82) is 0 Å². The van der Waals surface area contributed by atoms with E-state index >= 15 is 0 Å². The molecule has 1 aliphatic rings. The predicted octanol–water partition coefficient (Wildman–Crippen LogP) is 2.97. The van der Waals surface area contributed by atoms with Crippen molar-refractivity contribution in [3.05, 3.63) is 29.8 Å². The fourth-order valence-corrected chi connectivity index (χ4v) is 3.78. The van der Waals surface area contributed by atoms with Gasteiger partial charge < -0.3 is 15.4 Å². The molecule has 146 valence electrons. The standard InChI is InChI=1S/C21H35N3O2/c1-4-24(5-2)20(18-7-6-8-19(15-18)26-3)16-23-21(25)10-9-17-11-13-22-14-12-17/h6-8,15,17,20,22H,4-5,9-14,16H2,1-3H3,(H,23,25). The minimum Gasteiger partial charge on any atom is -0.497 e. The van der Waals surface area contributed by atoms with Crippen molar-refractivity contribution in [2.75, 3.05) is 39.8 Å². The lowest BCUT2D eigenvalue weighted by atomic mass is 9.93. The molecular weight excluding hydrogens is 326 g/mol. The number of hydrogen-bond donors (Lipinski definition) is 2. The number of hydrogen-bond acceptors (Lipinski definition) is 4. The Balaban J connectivity index is 1.92. The monoisotopic (exact) mass is 361 g/mol. The highest BCUT2D eigenvalue weighted by Gasteiger charge is 2.20. The highest BCUT2D eigenvalue weighted by molar-refractivity contribution is 5.75. The van der Waals surface area contributed by atoms with E-state index in [2.05, 4.69) is 41.5 Å². The maximum absolute atomic E-state index is 12.4. The van der Waals surface area contributed by atoms with Crippen molar-refractivity contribution >= 4 is 5.91 Å². The summed E-state index contributed by atoms with van der Waals surface area (Å²) in [5.41, 5.74) is 1.19. The number of rotatable bonds is 10. The van der Waals surface area contributed by atoms with Crippen LogP contribution in [-0.4, -0.2) is 50.6 Å². The Morgan fingerprint density at radius 1 is 1.31 bits per heavy atom. The maximum atomic E-state index is 12.4. The molecule has 1 fully saturated rings. The SMILES string of the molecule is CCN(CC)C(CNC(=O)CCC1CCNCC1)c1cccc(OC)c1. The lowest BCUT2D eigenvalue weighted by molar-refractivity contribution is -0.121. The number of amides is 1. The molecule has 1 aromatic carbocycles. The van der Waals surface area contributed by atoms with E-state index in [4.69, 9.17) is 4.74 Å². The van der Waals surface area contributed by atoms with E-state index in [0.29, 0.717) is 18.9 Å². The van der Waals surface area contributed by atoms with Gasteiger partial charge in [0.05, 0.1) is 13.2 Å². The molecule has 1 amide bonds. The summed E-state index contributed by atoms with van der Waals surface area (Å²) in [5.74, 6) is 1.72. The van der Waals surface area contributed by atoms with Gasteiger partial charge in [-0.25, -0.2) is 0 Å². The van der Waals surface area contributed by atoms with E-state index in [1.165, 1.54) is 18.4 Å². The van der Waals surface area contributed by atoms with E-state index < -0.39 is 0 Å².